The van der Waals surface area contributed by atoms with Gasteiger partial charge in [-0.25, -0.2) is 21.1 Å². The molecule has 0 fully saturated rings. The van der Waals surface area contributed by atoms with Gasteiger partial charge in [0.25, 0.3) is 0 Å². The van der Waals surface area contributed by atoms with E-state index in [2.05, 4.69) is 21.2 Å². The molecule has 3 aromatic rings. The number of nitrogens with zero attached hydrogens (tertiary/aromatic N) is 2. The first kappa shape index (κ1) is 28.0. The predicted octanol–water partition coefficient (Wildman–Crippen LogP) is 3.88. The summed E-state index contributed by atoms with van der Waals surface area (Å²) in [5.74, 6) is -0.578. The Balaban J connectivity index is 1.87. The van der Waals surface area contributed by atoms with E-state index in [9.17, 15) is 21.6 Å². The molecule has 0 saturated carbocycles. The molecule has 1 amide bonds. The Morgan fingerprint density at radius 1 is 0.861 bits per heavy atom. The number of aryl methyl sites for hydroxylation is 1. The van der Waals surface area contributed by atoms with Crippen molar-refractivity contribution in [2.45, 2.75) is 23.1 Å². The van der Waals surface area contributed by atoms with Crippen LogP contribution in [0.2, 0.25) is 0 Å². The van der Waals surface area contributed by atoms with Crippen molar-refractivity contribution in [3.05, 3.63) is 88.4 Å². The van der Waals surface area contributed by atoms with Crippen LogP contribution in [0.5, 0.6) is 0 Å². The van der Waals surface area contributed by atoms with Gasteiger partial charge < -0.3 is 5.32 Å². The van der Waals surface area contributed by atoms with E-state index in [1.54, 1.807) is 25.1 Å². The molecule has 3 aromatic carbocycles. The lowest BCUT2D eigenvalue weighted by Gasteiger charge is -2.22. The second-order valence-electron chi connectivity index (χ2n) is 8.34. The highest BCUT2D eigenvalue weighted by atomic mass is 79.9. The topological polar surface area (TPSA) is 104 Å². The molecule has 8 nitrogen and oxygen atoms in total. The van der Waals surface area contributed by atoms with Crippen molar-refractivity contribution >= 4 is 47.6 Å². The lowest BCUT2D eigenvalue weighted by molar-refractivity contribution is -0.116. The maximum Gasteiger partial charge on any atom is 0.243 e. The van der Waals surface area contributed by atoms with Crippen LogP contribution in [0.4, 0.5) is 5.69 Å². The van der Waals surface area contributed by atoms with Crippen LogP contribution in [0.15, 0.2) is 87.1 Å². The largest absolute Gasteiger partial charge is 0.325 e. The van der Waals surface area contributed by atoms with E-state index in [0.717, 1.165) is 18.6 Å². The summed E-state index contributed by atoms with van der Waals surface area (Å²) in [6.07, 6.45) is 0.416. The highest BCUT2D eigenvalue weighted by Crippen LogP contribution is 2.23. The van der Waals surface area contributed by atoms with Crippen LogP contribution >= 0.6 is 15.9 Å². The SMILES string of the molecule is Cc1ccc(S(=O)(=O)N(C)C)cc1NC(=O)CN(CCc1ccccc1)S(=O)(=O)c1ccc(Br)cc1. The zero-order valence-electron chi connectivity index (χ0n) is 20.2. The molecule has 0 aromatic heterocycles. The molecule has 0 bridgehead atoms. The average Bonchev–Trinajstić information content (AvgIpc) is 2.83. The van der Waals surface area contributed by atoms with E-state index in [0.29, 0.717) is 17.7 Å². The molecule has 0 atom stereocenters. The number of rotatable bonds is 10. The molecule has 0 unspecified atom stereocenters. The monoisotopic (exact) mass is 593 g/mol. The molecule has 0 heterocycles. The molecule has 3 rings (SSSR count). The Labute approximate surface area is 221 Å². The molecule has 192 valence electrons. The molecule has 0 saturated heterocycles. The molecule has 11 heteroatoms. The van der Waals surface area contributed by atoms with Crippen molar-refractivity contribution in [3.63, 3.8) is 0 Å². The molecule has 0 radical (unpaired) electrons. The minimum Gasteiger partial charge on any atom is -0.325 e. The Morgan fingerprint density at radius 3 is 2.08 bits per heavy atom. The number of benzene rings is 3. The Morgan fingerprint density at radius 2 is 1.47 bits per heavy atom. The van der Waals surface area contributed by atoms with Crippen LogP contribution in [0.1, 0.15) is 11.1 Å². The fourth-order valence-electron chi connectivity index (χ4n) is 3.40. The van der Waals surface area contributed by atoms with Crippen LogP contribution in [-0.4, -0.2) is 58.5 Å². The maximum atomic E-state index is 13.4. The van der Waals surface area contributed by atoms with Crippen LogP contribution in [-0.2, 0) is 31.3 Å². The van der Waals surface area contributed by atoms with Gasteiger partial charge in [-0.3, -0.25) is 4.79 Å². The Hall–Kier alpha value is -2.57. The fraction of sp³-hybridized carbons (Fsp3) is 0.240. The van der Waals surface area contributed by atoms with E-state index in [1.165, 1.54) is 38.4 Å². The van der Waals surface area contributed by atoms with Gasteiger partial charge in [-0.1, -0.05) is 52.3 Å². The number of carbonyl (C=O) groups is 1. The van der Waals surface area contributed by atoms with Crippen LogP contribution < -0.4 is 5.32 Å². The van der Waals surface area contributed by atoms with Gasteiger partial charge >= 0.3 is 0 Å². The highest BCUT2D eigenvalue weighted by Gasteiger charge is 2.27. The Kier molecular flexibility index (Phi) is 9.07. The van der Waals surface area contributed by atoms with Gasteiger partial charge in [0.15, 0.2) is 0 Å². The molecule has 0 aliphatic carbocycles. The second kappa shape index (κ2) is 11.7. The minimum atomic E-state index is -3.98. The number of amides is 1. The van der Waals surface area contributed by atoms with Gasteiger partial charge in [-0.15, -0.1) is 0 Å². The summed E-state index contributed by atoms with van der Waals surface area (Å²) in [4.78, 5) is 13.1. The van der Waals surface area contributed by atoms with E-state index >= 15 is 0 Å². The number of anilines is 1. The van der Waals surface area contributed by atoms with Gasteiger partial charge in [-0.2, -0.15) is 4.31 Å². The molecule has 0 spiro atoms. The molecule has 0 aliphatic rings. The van der Waals surface area contributed by atoms with Gasteiger partial charge in [0, 0.05) is 30.8 Å². The smallest absolute Gasteiger partial charge is 0.243 e. The lowest BCUT2D eigenvalue weighted by Crippen LogP contribution is -2.39. The van der Waals surface area contributed by atoms with E-state index in [-0.39, 0.29) is 16.3 Å². The van der Waals surface area contributed by atoms with Gasteiger partial charge in [0.2, 0.25) is 26.0 Å². The van der Waals surface area contributed by atoms with Crippen molar-refractivity contribution < 1.29 is 21.6 Å². The first-order chi connectivity index (χ1) is 16.9. The summed E-state index contributed by atoms with van der Waals surface area (Å²) < 4.78 is 54.8. The lowest BCUT2D eigenvalue weighted by atomic mass is 10.1. The van der Waals surface area contributed by atoms with Crippen molar-refractivity contribution in [1.29, 1.82) is 0 Å². The van der Waals surface area contributed by atoms with Crippen LogP contribution in [0.3, 0.4) is 0 Å². The highest BCUT2D eigenvalue weighted by molar-refractivity contribution is 9.10. The van der Waals surface area contributed by atoms with Crippen molar-refractivity contribution in [2.24, 2.45) is 0 Å². The standard InChI is InChI=1S/C25H28BrN3O5S2/c1-19-9-12-23(35(31,32)28(2)3)17-24(19)27-25(30)18-29(16-15-20-7-5-4-6-8-20)36(33,34)22-13-10-21(26)11-14-22/h4-14,17H,15-16,18H2,1-3H3,(H,27,30). The normalized spacial score (nSPS) is 12.2. The number of sulfonamides is 2. The predicted molar refractivity (Wildman–Crippen MR) is 144 cm³/mol. The minimum absolute atomic E-state index is 0.0248. The number of halogens is 1. The molecule has 0 aliphatic heterocycles. The first-order valence-electron chi connectivity index (χ1n) is 11.0. The zero-order chi connectivity index (χ0) is 26.5. The molecular formula is C25H28BrN3O5S2. The van der Waals surface area contributed by atoms with E-state index in [1.807, 2.05) is 30.3 Å². The summed E-state index contributed by atoms with van der Waals surface area (Å²) in [5, 5.41) is 2.69. The number of hydrogen-bond donors (Lipinski definition) is 1. The van der Waals surface area contributed by atoms with E-state index in [4.69, 9.17) is 0 Å². The number of carbonyl (C=O) groups excluding carboxylic acids is 1. The van der Waals surface area contributed by atoms with Crippen molar-refractivity contribution in [1.82, 2.24) is 8.61 Å². The maximum absolute atomic E-state index is 13.4. The molecule has 1 N–H and O–H groups in total. The summed E-state index contributed by atoms with van der Waals surface area (Å²) in [6.45, 7) is 1.38. The summed E-state index contributed by atoms with van der Waals surface area (Å²) in [5.41, 5.74) is 1.88. The van der Waals surface area contributed by atoms with Gasteiger partial charge in [-0.05, 0) is 60.9 Å². The molecular weight excluding hydrogens is 566 g/mol. The average molecular weight is 595 g/mol. The summed E-state index contributed by atoms with van der Waals surface area (Å²) >= 11 is 3.30. The van der Waals surface area contributed by atoms with Gasteiger partial charge in [0.1, 0.15) is 0 Å². The molecule has 36 heavy (non-hydrogen) atoms. The number of nitrogens with one attached hydrogen (secondary N) is 1. The zero-order valence-corrected chi connectivity index (χ0v) is 23.4. The fourth-order valence-corrected chi connectivity index (χ4v) is 5.99. The van der Waals surface area contributed by atoms with Crippen LogP contribution in [0.25, 0.3) is 0 Å². The second-order valence-corrected chi connectivity index (χ2v) is 13.3. The quantitative estimate of drug-likeness (QED) is 0.384. The van der Waals surface area contributed by atoms with Crippen LogP contribution in [0, 0.1) is 6.92 Å². The van der Waals surface area contributed by atoms with Gasteiger partial charge in [0.05, 0.1) is 16.3 Å². The van der Waals surface area contributed by atoms with Crippen molar-refractivity contribution in [2.75, 3.05) is 32.5 Å². The van der Waals surface area contributed by atoms with Crippen molar-refractivity contribution in [3.8, 4) is 0 Å². The summed E-state index contributed by atoms with van der Waals surface area (Å²) in [7, 11) is -4.84. The number of hydrogen-bond acceptors (Lipinski definition) is 5. The summed E-state index contributed by atoms with van der Waals surface area (Å²) in [6, 6.07) is 20.0. The third kappa shape index (κ3) is 6.80. The Bertz CT molecular complexity index is 1430. The third-order valence-corrected chi connectivity index (χ3v) is 9.72. The third-order valence-electron chi connectivity index (χ3n) is 5.53. The van der Waals surface area contributed by atoms with E-state index < -0.39 is 32.5 Å². The first-order valence-corrected chi connectivity index (χ1v) is 14.7.